The van der Waals surface area contributed by atoms with Crippen LogP contribution in [0.15, 0.2) is 30.5 Å². The average molecular weight is 282 g/mol. The van der Waals surface area contributed by atoms with Crippen molar-refractivity contribution < 1.29 is 9.53 Å². The summed E-state index contributed by atoms with van der Waals surface area (Å²) in [6.45, 7) is 5.82. The summed E-state index contributed by atoms with van der Waals surface area (Å²) < 4.78 is 6.81. The lowest BCUT2D eigenvalue weighted by Crippen LogP contribution is -2.11. The first-order valence-corrected chi connectivity index (χ1v) is 6.52. The van der Waals surface area contributed by atoms with Crippen molar-refractivity contribution >= 4 is 11.7 Å². The van der Waals surface area contributed by atoms with Gasteiger partial charge in [-0.1, -0.05) is 6.07 Å². The fraction of sp³-hybridized carbons (Fsp3) is 0.200. The van der Waals surface area contributed by atoms with Crippen LogP contribution in [0.1, 0.15) is 27.4 Å². The van der Waals surface area contributed by atoms with Crippen molar-refractivity contribution in [1.29, 1.82) is 0 Å². The van der Waals surface area contributed by atoms with Crippen LogP contribution >= 0.6 is 0 Å². The van der Waals surface area contributed by atoms with Crippen molar-refractivity contribution in [3.8, 4) is 5.75 Å². The third-order valence-corrected chi connectivity index (χ3v) is 3.30. The minimum absolute atomic E-state index is 0.00460. The normalized spacial score (nSPS) is 10.8. The number of hydrogen-bond acceptors (Lipinski definition) is 5. The Hall–Kier alpha value is -2.76. The van der Waals surface area contributed by atoms with Crippen LogP contribution in [0, 0.1) is 20.8 Å². The van der Waals surface area contributed by atoms with E-state index in [9.17, 15) is 4.79 Å². The molecule has 0 bridgehead atoms. The third-order valence-electron chi connectivity index (χ3n) is 3.30. The summed E-state index contributed by atoms with van der Waals surface area (Å²) in [7, 11) is 0. The Balaban J connectivity index is 1.90. The van der Waals surface area contributed by atoms with Gasteiger partial charge in [0.05, 0.1) is 0 Å². The van der Waals surface area contributed by atoms with Crippen LogP contribution in [-0.2, 0) is 0 Å². The molecule has 0 spiro atoms. The van der Waals surface area contributed by atoms with E-state index in [2.05, 4.69) is 15.1 Å². The summed E-state index contributed by atoms with van der Waals surface area (Å²) in [4.78, 5) is 20.2. The second kappa shape index (κ2) is 4.97. The lowest BCUT2D eigenvalue weighted by atomic mass is 10.1. The van der Waals surface area contributed by atoms with Gasteiger partial charge in [0, 0.05) is 11.9 Å². The van der Waals surface area contributed by atoms with E-state index in [1.807, 2.05) is 32.9 Å². The predicted octanol–water partition coefficient (Wildman–Crippen LogP) is 2.27. The molecule has 0 N–H and O–H groups in total. The predicted molar refractivity (Wildman–Crippen MR) is 76.4 cm³/mol. The number of esters is 1. The van der Waals surface area contributed by atoms with E-state index in [1.54, 1.807) is 18.3 Å². The topological polar surface area (TPSA) is 69.4 Å². The van der Waals surface area contributed by atoms with E-state index < -0.39 is 5.97 Å². The van der Waals surface area contributed by atoms with Gasteiger partial charge in [0.15, 0.2) is 0 Å². The maximum Gasteiger partial charge on any atom is 0.383 e. The van der Waals surface area contributed by atoms with E-state index >= 15 is 0 Å². The zero-order valence-corrected chi connectivity index (χ0v) is 12.0. The zero-order chi connectivity index (χ0) is 15.0. The summed E-state index contributed by atoms with van der Waals surface area (Å²) in [5.74, 6) is 0.256. The number of hydrogen-bond donors (Lipinski definition) is 0. The van der Waals surface area contributed by atoms with Crippen molar-refractivity contribution in [1.82, 2.24) is 19.6 Å². The van der Waals surface area contributed by atoms with Gasteiger partial charge in [-0.15, -0.1) is 5.10 Å². The molecule has 1 aromatic carbocycles. The van der Waals surface area contributed by atoms with Crippen molar-refractivity contribution in [3.05, 3.63) is 53.1 Å². The number of nitrogens with zero attached hydrogens (tertiary/aromatic N) is 4. The molecule has 6 heteroatoms. The first-order chi connectivity index (χ1) is 10.0. The Labute approximate surface area is 121 Å². The molecule has 6 nitrogen and oxygen atoms in total. The fourth-order valence-corrected chi connectivity index (χ4v) is 1.92. The smallest absolute Gasteiger partial charge is 0.383 e. The Morgan fingerprint density at radius 3 is 2.67 bits per heavy atom. The minimum Gasteiger partial charge on any atom is -0.421 e. The van der Waals surface area contributed by atoms with Crippen LogP contribution in [-0.4, -0.2) is 25.6 Å². The maximum absolute atomic E-state index is 12.1. The molecule has 3 rings (SSSR count). The van der Waals surface area contributed by atoms with Crippen molar-refractivity contribution in [2.75, 3.05) is 0 Å². The lowest BCUT2D eigenvalue weighted by Gasteiger charge is -2.04. The molecule has 0 saturated carbocycles. The molecule has 0 aliphatic heterocycles. The van der Waals surface area contributed by atoms with Crippen LogP contribution in [0.3, 0.4) is 0 Å². The van der Waals surface area contributed by atoms with Gasteiger partial charge in [0.25, 0.3) is 11.6 Å². The summed E-state index contributed by atoms with van der Waals surface area (Å²) in [6.07, 6.45) is 1.62. The van der Waals surface area contributed by atoms with Gasteiger partial charge in [0.1, 0.15) is 5.75 Å². The Bertz CT molecular complexity index is 839. The number of benzene rings is 1. The second-order valence-corrected chi connectivity index (χ2v) is 4.87. The second-order valence-electron chi connectivity index (χ2n) is 4.87. The van der Waals surface area contributed by atoms with Crippen LogP contribution in [0.25, 0.3) is 5.78 Å². The molecule has 0 unspecified atom stereocenters. The van der Waals surface area contributed by atoms with Crippen molar-refractivity contribution in [2.45, 2.75) is 20.8 Å². The average Bonchev–Trinajstić information content (AvgIpc) is 2.89. The number of carbonyl (C=O) groups is 1. The SMILES string of the molecule is Cc1ccc(OC(=O)c2nc3nccc(C)n3n2)cc1C. The largest absolute Gasteiger partial charge is 0.421 e. The van der Waals surface area contributed by atoms with Crippen molar-refractivity contribution in [3.63, 3.8) is 0 Å². The summed E-state index contributed by atoms with van der Waals surface area (Å²) in [6, 6.07) is 7.26. The number of fused-ring (bicyclic) bond motifs is 1. The summed E-state index contributed by atoms with van der Waals surface area (Å²) >= 11 is 0. The van der Waals surface area contributed by atoms with E-state index in [4.69, 9.17) is 4.74 Å². The number of carbonyl (C=O) groups excluding carboxylic acids is 1. The Morgan fingerprint density at radius 2 is 1.95 bits per heavy atom. The molecule has 106 valence electrons. The minimum atomic E-state index is -0.594. The van der Waals surface area contributed by atoms with Gasteiger partial charge in [-0.25, -0.2) is 14.3 Å². The van der Waals surface area contributed by atoms with E-state index in [0.29, 0.717) is 11.5 Å². The highest BCUT2D eigenvalue weighted by Crippen LogP contribution is 2.17. The highest BCUT2D eigenvalue weighted by molar-refractivity contribution is 5.87. The van der Waals surface area contributed by atoms with Crippen molar-refractivity contribution in [2.24, 2.45) is 0 Å². The molecule has 0 radical (unpaired) electrons. The molecule has 0 fully saturated rings. The van der Waals surface area contributed by atoms with Crippen LogP contribution in [0.5, 0.6) is 5.75 Å². The molecule has 0 aliphatic rings. The number of aryl methyl sites for hydroxylation is 3. The van der Waals surface area contributed by atoms with Gasteiger partial charge in [-0.2, -0.15) is 4.98 Å². The van der Waals surface area contributed by atoms with E-state index in [1.165, 1.54) is 4.52 Å². The van der Waals surface area contributed by atoms with E-state index in [0.717, 1.165) is 16.8 Å². The highest BCUT2D eigenvalue weighted by Gasteiger charge is 2.16. The van der Waals surface area contributed by atoms with Gasteiger partial charge < -0.3 is 4.74 Å². The maximum atomic E-state index is 12.1. The highest BCUT2D eigenvalue weighted by atomic mass is 16.5. The Morgan fingerprint density at radius 1 is 1.14 bits per heavy atom. The van der Waals surface area contributed by atoms with Gasteiger partial charge in [-0.05, 0) is 50.1 Å². The molecule has 2 aromatic heterocycles. The molecule has 2 heterocycles. The molecule has 21 heavy (non-hydrogen) atoms. The summed E-state index contributed by atoms with van der Waals surface area (Å²) in [5, 5.41) is 4.12. The molecular weight excluding hydrogens is 268 g/mol. The van der Waals surface area contributed by atoms with Crippen LogP contribution in [0.2, 0.25) is 0 Å². The van der Waals surface area contributed by atoms with Crippen LogP contribution in [0.4, 0.5) is 0 Å². The Kier molecular flexibility index (Phi) is 3.13. The first-order valence-electron chi connectivity index (χ1n) is 6.52. The molecule has 3 aromatic rings. The number of rotatable bonds is 2. The van der Waals surface area contributed by atoms with Gasteiger partial charge >= 0.3 is 5.97 Å². The van der Waals surface area contributed by atoms with Crippen LogP contribution < -0.4 is 4.74 Å². The molecule has 0 atom stereocenters. The zero-order valence-electron chi connectivity index (χ0n) is 12.0. The monoisotopic (exact) mass is 282 g/mol. The molecule has 0 amide bonds. The standard InChI is InChI=1S/C15H14N4O2/c1-9-4-5-12(8-10(9)2)21-14(20)13-17-15-16-7-6-11(3)19(15)18-13/h4-8H,1-3H3. The van der Waals surface area contributed by atoms with E-state index in [-0.39, 0.29) is 5.82 Å². The number of aromatic nitrogens is 4. The molecule has 0 aliphatic carbocycles. The fourth-order valence-electron chi connectivity index (χ4n) is 1.92. The van der Waals surface area contributed by atoms with Gasteiger partial charge in [-0.3, -0.25) is 0 Å². The molecular formula is C15H14N4O2. The lowest BCUT2D eigenvalue weighted by molar-refractivity contribution is 0.0722. The summed E-state index contributed by atoms with van der Waals surface area (Å²) in [5.41, 5.74) is 3.04. The van der Waals surface area contributed by atoms with Gasteiger partial charge in [0.2, 0.25) is 0 Å². The molecule has 0 saturated heterocycles. The first kappa shape index (κ1) is 13.2. The third kappa shape index (κ3) is 2.47. The quantitative estimate of drug-likeness (QED) is 0.532. The number of ether oxygens (including phenoxy) is 1.